The third-order valence-corrected chi connectivity index (χ3v) is 5.52. The van der Waals surface area contributed by atoms with Crippen molar-refractivity contribution >= 4 is 39.6 Å². The predicted molar refractivity (Wildman–Crippen MR) is 122 cm³/mol. The Kier molecular flexibility index (Phi) is 4.95. The van der Waals surface area contributed by atoms with E-state index in [2.05, 4.69) is 30.1 Å². The second-order valence-corrected chi connectivity index (χ2v) is 7.42. The fourth-order valence-electron chi connectivity index (χ4n) is 3.90. The lowest BCUT2D eigenvalue weighted by atomic mass is 10.2. The minimum absolute atomic E-state index is 0.224. The summed E-state index contributed by atoms with van der Waals surface area (Å²) in [6.45, 7) is 3.11. The van der Waals surface area contributed by atoms with Crippen molar-refractivity contribution < 1.29 is 4.39 Å². The largest absolute Gasteiger partial charge is 0.393 e. The van der Waals surface area contributed by atoms with E-state index in [0.29, 0.717) is 17.3 Å². The van der Waals surface area contributed by atoms with Crippen molar-refractivity contribution in [3.8, 4) is 0 Å². The van der Waals surface area contributed by atoms with Crippen LogP contribution in [0.5, 0.6) is 0 Å². The summed E-state index contributed by atoms with van der Waals surface area (Å²) >= 11 is 0. The molecular weight excluding hydrogens is 393 g/mol. The first-order valence-corrected chi connectivity index (χ1v) is 10.2. The average Bonchev–Trinajstić information content (AvgIpc) is 2.81. The number of fused-ring (bicyclic) bond motifs is 1. The van der Waals surface area contributed by atoms with Gasteiger partial charge in [-0.3, -0.25) is 4.98 Å². The summed E-state index contributed by atoms with van der Waals surface area (Å²) in [5, 5.41) is 4.36. The molecule has 0 spiro atoms. The van der Waals surface area contributed by atoms with Crippen LogP contribution in [0.4, 0.5) is 33.1 Å². The zero-order valence-corrected chi connectivity index (χ0v) is 16.9. The number of nitrogens with one attached hydrogen (secondary N) is 1. The second-order valence-electron chi connectivity index (χ2n) is 7.42. The molecule has 156 valence electrons. The number of para-hydroxylation sites is 1. The number of nitrogens with zero attached hydrogens (tertiary/aromatic N) is 5. The van der Waals surface area contributed by atoms with Gasteiger partial charge in [-0.2, -0.15) is 0 Å². The normalized spacial score (nSPS) is 14.1. The lowest BCUT2D eigenvalue weighted by molar-refractivity contribution is 0.624. The van der Waals surface area contributed by atoms with E-state index in [0.717, 1.165) is 48.5 Å². The van der Waals surface area contributed by atoms with E-state index in [-0.39, 0.29) is 5.82 Å². The van der Waals surface area contributed by atoms with Crippen molar-refractivity contribution in [1.82, 2.24) is 15.0 Å². The molecule has 3 heterocycles. The van der Waals surface area contributed by atoms with Crippen LogP contribution in [0.3, 0.4) is 0 Å². The summed E-state index contributed by atoms with van der Waals surface area (Å²) in [4.78, 5) is 17.7. The van der Waals surface area contributed by atoms with Crippen LogP contribution in [-0.4, -0.2) is 41.1 Å². The van der Waals surface area contributed by atoms with Crippen LogP contribution in [0.1, 0.15) is 0 Å². The smallest absolute Gasteiger partial charge is 0.159 e. The quantitative estimate of drug-likeness (QED) is 0.524. The van der Waals surface area contributed by atoms with Gasteiger partial charge in [0.1, 0.15) is 17.8 Å². The summed E-state index contributed by atoms with van der Waals surface area (Å²) in [5.41, 5.74) is 9.69. The van der Waals surface area contributed by atoms with Crippen LogP contribution < -0.4 is 20.9 Å². The Balaban J connectivity index is 1.35. The van der Waals surface area contributed by atoms with E-state index in [4.69, 9.17) is 5.73 Å². The van der Waals surface area contributed by atoms with E-state index in [1.165, 1.54) is 18.5 Å². The Morgan fingerprint density at radius 3 is 2.39 bits per heavy atom. The summed E-state index contributed by atoms with van der Waals surface area (Å²) < 4.78 is 13.2. The van der Waals surface area contributed by atoms with Gasteiger partial charge in [0, 0.05) is 43.4 Å². The third-order valence-electron chi connectivity index (χ3n) is 5.52. The summed E-state index contributed by atoms with van der Waals surface area (Å²) in [5.74, 6) is 1.05. The van der Waals surface area contributed by atoms with Gasteiger partial charge < -0.3 is 20.9 Å². The highest BCUT2D eigenvalue weighted by atomic mass is 19.1. The van der Waals surface area contributed by atoms with Gasteiger partial charge >= 0.3 is 0 Å². The standard InChI is InChI=1S/C23H22FN7/c24-17-6-8-18(9-7-17)30-11-13-31(14-12-30)23-20(25)22(27-15-28-23)29-19-5-1-3-16-4-2-10-26-21(16)19/h1-10,15H,11-14,25H2,(H,27,28,29). The van der Waals surface area contributed by atoms with Gasteiger partial charge in [0.05, 0.1) is 11.2 Å². The molecule has 1 fully saturated rings. The zero-order chi connectivity index (χ0) is 21.2. The molecule has 8 heteroatoms. The first-order valence-electron chi connectivity index (χ1n) is 10.2. The first-order chi connectivity index (χ1) is 15.2. The van der Waals surface area contributed by atoms with E-state index in [1.807, 2.05) is 42.5 Å². The van der Waals surface area contributed by atoms with Crippen molar-refractivity contribution in [3.63, 3.8) is 0 Å². The first kappa shape index (κ1) is 19.0. The number of nitrogens with two attached hydrogens (primary N) is 1. The maximum atomic E-state index is 13.2. The lowest BCUT2D eigenvalue weighted by Crippen LogP contribution is -2.47. The number of aromatic nitrogens is 3. The SMILES string of the molecule is Nc1c(Nc2cccc3cccnc23)ncnc1N1CCN(c2ccc(F)cc2)CC1. The van der Waals surface area contributed by atoms with Crippen LogP contribution in [0.15, 0.2) is 67.1 Å². The third kappa shape index (κ3) is 3.79. The van der Waals surface area contributed by atoms with Crippen LogP contribution in [0.25, 0.3) is 10.9 Å². The van der Waals surface area contributed by atoms with Gasteiger partial charge in [0.2, 0.25) is 0 Å². The van der Waals surface area contributed by atoms with Crippen molar-refractivity contribution in [1.29, 1.82) is 0 Å². The molecule has 31 heavy (non-hydrogen) atoms. The number of nitrogen functional groups attached to an aromatic ring is 1. The van der Waals surface area contributed by atoms with Crippen LogP contribution in [0, 0.1) is 5.82 Å². The number of piperazine rings is 1. The van der Waals surface area contributed by atoms with Gasteiger partial charge in [-0.25, -0.2) is 14.4 Å². The number of hydrogen-bond acceptors (Lipinski definition) is 7. The fraction of sp³-hybridized carbons (Fsp3) is 0.174. The molecule has 7 nitrogen and oxygen atoms in total. The fourth-order valence-corrected chi connectivity index (χ4v) is 3.90. The molecule has 2 aromatic heterocycles. The van der Waals surface area contributed by atoms with E-state index < -0.39 is 0 Å². The maximum Gasteiger partial charge on any atom is 0.159 e. The van der Waals surface area contributed by atoms with Crippen molar-refractivity contribution in [2.24, 2.45) is 0 Å². The van der Waals surface area contributed by atoms with Gasteiger partial charge in [-0.15, -0.1) is 0 Å². The summed E-state index contributed by atoms with van der Waals surface area (Å²) in [6, 6.07) is 16.5. The molecule has 0 saturated carbocycles. The highest BCUT2D eigenvalue weighted by Crippen LogP contribution is 2.31. The predicted octanol–water partition coefficient (Wildman–Crippen LogP) is 3.82. The molecule has 1 saturated heterocycles. The van der Waals surface area contributed by atoms with Gasteiger partial charge in [-0.1, -0.05) is 18.2 Å². The Morgan fingerprint density at radius 1 is 0.839 bits per heavy atom. The number of benzene rings is 2. The topological polar surface area (TPSA) is 83.2 Å². The van der Waals surface area contributed by atoms with Gasteiger partial charge in [-0.05, 0) is 36.4 Å². The van der Waals surface area contributed by atoms with Gasteiger partial charge in [0.25, 0.3) is 0 Å². The number of hydrogen-bond donors (Lipinski definition) is 2. The number of rotatable bonds is 4. The molecule has 0 aliphatic carbocycles. The Hall–Kier alpha value is -3.94. The minimum atomic E-state index is -0.224. The molecule has 4 aromatic rings. The Morgan fingerprint density at radius 2 is 1.58 bits per heavy atom. The zero-order valence-electron chi connectivity index (χ0n) is 16.9. The van der Waals surface area contributed by atoms with Crippen LogP contribution in [-0.2, 0) is 0 Å². The second kappa shape index (κ2) is 8.06. The molecule has 0 unspecified atom stereocenters. The highest BCUT2D eigenvalue weighted by Gasteiger charge is 2.22. The minimum Gasteiger partial charge on any atom is -0.393 e. The average molecular weight is 415 g/mol. The molecule has 2 aromatic carbocycles. The molecule has 0 bridgehead atoms. The van der Waals surface area contributed by atoms with Crippen molar-refractivity contribution in [2.75, 3.05) is 47.0 Å². The van der Waals surface area contributed by atoms with Crippen LogP contribution in [0.2, 0.25) is 0 Å². The van der Waals surface area contributed by atoms with E-state index in [9.17, 15) is 4.39 Å². The lowest BCUT2D eigenvalue weighted by Gasteiger charge is -2.37. The van der Waals surface area contributed by atoms with Crippen LogP contribution >= 0.6 is 0 Å². The van der Waals surface area contributed by atoms with E-state index in [1.54, 1.807) is 6.20 Å². The highest BCUT2D eigenvalue weighted by molar-refractivity contribution is 5.93. The molecule has 1 aliphatic heterocycles. The molecule has 5 rings (SSSR count). The number of anilines is 5. The van der Waals surface area contributed by atoms with Gasteiger partial charge in [0.15, 0.2) is 11.6 Å². The summed E-state index contributed by atoms with van der Waals surface area (Å²) in [7, 11) is 0. The molecule has 0 atom stereocenters. The molecule has 0 radical (unpaired) electrons. The molecular formula is C23H22FN7. The van der Waals surface area contributed by atoms with Crippen molar-refractivity contribution in [3.05, 3.63) is 72.9 Å². The summed E-state index contributed by atoms with van der Waals surface area (Å²) in [6.07, 6.45) is 3.29. The Bertz CT molecular complexity index is 1200. The Labute approximate surface area is 179 Å². The molecule has 1 aliphatic rings. The molecule has 0 amide bonds. The van der Waals surface area contributed by atoms with E-state index >= 15 is 0 Å². The van der Waals surface area contributed by atoms with Crippen molar-refractivity contribution in [2.45, 2.75) is 0 Å². The monoisotopic (exact) mass is 415 g/mol. The number of pyridine rings is 1. The maximum absolute atomic E-state index is 13.2. The molecule has 3 N–H and O–H groups in total. The number of halogens is 1.